The summed E-state index contributed by atoms with van der Waals surface area (Å²) in [5.74, 6) is -0.238. The van der Waals surface area contributed by atoms with Gasteiger partial charge in [-0.2, -0.15) is 5.10 Å². The van der Waals surface area contributed by atoms with Crippen LogP contribution >= 0.6 is 15.9 Å². The van der Waals surface area contributed by atoms with E-state index in [2.05, 4.69) is 21.0 Å². The third kappa shape index (κ3) is 2.50. The van der Waals surface area contributed by atoms with Crippen LogP contribution in [-0.2, 0) is 11.3 Å². The summed E-state index contributed by atoms with van der Waals surface area (Å²) in [4.78, 5) is 11.5. The largest absolute Gasteiger partial charge is 0.462 e. The Kier molecular flexibility index (Phi) is 4.14. The molecule has 1 heterocycles. The van der Waals surface area contributed by atoms with Crippen LogP contribution in [0.3, 0.4) is 0 Å². The maximum absolute atomic E-state index is 11.5. The van der Waals surface area contributed by atoms with Crippen LogP contribution in [0.2, 0.25) is 0 Å². The van der Waals surface area contributed by atoms with Gasteiger partial charge in [-0.05, 0) is 29.3 Å². The van der Waals surface area contributed by atoms with Crippen molar-refractivity contribution in [3.8, 4) is 0 Å². The second-order valence-corrected chi connectivity index (χ2v) is 3.75. The molecule has 0 unspecified atom stereocenters. The normalized spacial score (nSPS) is 10.3. The van der Waals surface area contributed by atoms with E-state index in [0.29, 0.717) is 23.3 Å². The number of ether oxygens (including phenoxy) is 1. The molecule has 0 saturated heterocycles. The predicted octanol–water partition coefficient (Wildman–Crippen LogP) is 1.81. The van der Waals surface area contributed by atoms with Crippen LogP contribution in [0.5, 0.6) is 0 Å². The van der Waals surface area contributed by atoms with Gasteiger partial charge in [-0.3, -0.25) is 4.68 Å². The highest BCUT2D eigenvalue weighted by atomic mass is 79.9. The Hall–Kier alpha value is -1.04. The van der Waals surface area contributed by atoms with Crippen LogP contribution in [0.15, 0.2) is 4.60 Å². The van der Waals surface area contributed by atoms with E-state index >= 15 is 0 Å². The van der Waals surface area contributed by atoms with Gasteiger partial charge in [0.15, 0.2) is 5.82 Å². The summed E-state index contributed by atoms with van der Waals surface area (Å²) in [6.07, 6.45) is 0.919. The molecule has 15 heavy (non-hydrogen) atoms. The fourth-order valence-corrected chi connectivity index (χ4v) is 1.83. The van der Waals surface area contributed by atoms with Gasteiger partial charge in [0.05, 0.1) is 6.61 Å². The third-order valence-corrected chi connectivity index (χ3v) is 2.64. The number of hydrogen-bond acceptors (Lipinski definition) is 4. The Balaban J connectivity index is 3.02. The number of carbonyl (C=O) groups excluding carboxylic acids is 1. The number of aryl methyl sites for hydroxylation is 1. The van der Waals surface area contributed by atoms with Crippen LogP contribution in [0.4, 0.5) is 5.82 Å². The van der Waals surface area contributed by atoms with E-state index in [1.165, 1.54) is 0 Å². The quantitative estimate of drug-likeness (QED) is 0.851. The number of carbonyl (C=O) groups is 1. The van der Waals surface area contributed by atoms with Crippen molar-refractivity contribution in [1.82, 2.24) is 9.78 Å². The van der Waals surface area contributed by atoms with Gasteiger partial charge in [0, 0.05) is 6.54 Å². The highest BCUT2D eigenvalue weighted by Gasteiger charge is 2.21. The summed E-state index contributed by atoms with van der Waals surface area (Å²) >= 11 is 3.29. The molecule has 1 aromatic heterocycles. The van der Waals surface area contributed by atoms with Crippen LogP contribution < -0.4 is 5.73 Å². The molecular formula is C9H14BrN3O2. The molecule has 0 fully saturated rings. The molecular weight excluding hydrogens is 262 g/mol. The standard InChI is InChI=1S/C9H14BrN3O2/c1-3-5-13-7(10)6(8(11)12-13)9(14)15-4-2/h3-5H2,1-2H3,(H2,11,12). The fourth-order valence-electron chi connectivity index (χ4n) is 1.21. The molecule has 0 amide bonds. The van der Waals surface area contributed by atoms with Crippen LogP contribution in [-0.4, -0.2) is 22.4 Å². The second kappa shape index (κ2) is 5.16. The molecule has 1 rings (SSSR count). The Bertz CT molecular complexity index is 362. The Labute approximate surface area is 96.7 Å². The first-order chi connectivity index (χ1) is 7.11. The lowest BCUT2D eigenvalue weighted by atomic mass is 10.3. The molecule has 2 N–H and O–H groups in total. The van der Waals surface area contributed by atoms with Crippen LogP contribution in [0.1, 0.15) is 30.6 Å². The lowest BCUT2D eigenvalue weighted by Gasteiger charge is -2.01. The predicted molar refractivity (Wildman–Crippen MR) is 60.6 cm³/mol. The minimum Gasteiger partial charge on any atom is -0.462 e. The summed E-state index contributed by atoms with van der Waals surface area (Å²) in [5.41, 5.74) is 5.95. The van der Waals surface area contributed by atoms with E-state index in [-0.39, 0.29) is 5.82 Å². The number of nitrogens with two attached hydrogens (primary N) is 1. The van der Waals surface area contributed by atoms with Crippen molar-refractivity contribution in [3.63, 3.8) is 0 Å². The minimum absolute atomic E-state index is 0.203. The molecule has 84 valence electrons. The van der Waals surface area contributed by atoms with Crippen molar-refractivity contribution in [3.05, 3.63) is 10.2 Å². The zero-order valence-corrected chi connectivity index (χ0v) is 10.4. The van der Waals surface area contributed by atoms with Crippen molar-refractivity contribution in [2.24, 2.45) is 0 Å². The zero-order valence-electron chi connectivity index (χ0n) is 8.79. The van der Waals surface area contributed by atoms with Crippen LogP contribution in [0, 0.1) is 0 Å². The maximum Gasteiger partial charge on any atom is 0.344 e. The van der Waals surface area contributed by atoms with E-state index in [1.54, 1.807) is 11.6 Å². The zero-order chi connectivity index (χ0) is 11.4. The van der Waals surface area contributed by atoms with Gasteiger partial charge in [-0.15, -0.1) is 0 Å². The Morgan fingerprint density at radius 2 is 2.27 bits per heavy atom. The second-order valence-electron chi connectivity index (χ2n) is 2.99. The first-order valence-electron chi connectivity index (χ1n) is 4.80. The molecule has 0 saturated carbocycles. The first-order valence-corrected chi connectivity index (χ1v) is 5.60. The van der Waals surface area contributed by atoms with Crippen molar-refractivity contribution < 1.29 is 9.53 Å². The molecule has 0 aliphatic rings. The van der Waals surface area contributed by atoms with Gasteiger partial charge in [-0.25, -0.2) is 4.79 Å². The van der Waals surface area contributed by atoms with Gasteiger partial charge in [-0.1, -0.05) is 6.92 Å². The lowest BCUT2D eigenvalue weighted by Crippen LogP contribution is -2.07. The van der Waals surface area contributed by atoms with Crippen molar-refractivity contribution in [2.45, 2.75) is 26.8 Å². The number of hydrogen-bond donors (Lipinski definition) is 1. The first kappa shape index (κ1) is 12.0. The van der Waals surface area contributed by atoms with Gasteiger partial charge < -0.3 is 10.5 Å². The van der Waals surface area contributed by atoms with Crippen molar-refractivity contribution >= 4 is 27.7 Å². The summed E-state index contributed by atoms with van der Waals surface area (Å²) in [6.45, 7) is 4.81. The topological polar surface area (TPSA) is 70.1 Å². The fraction of sp³-hybridized carbons (Fsp3) is 0.556. The average molecular weight is 276 g/mol. The average Bonchev–Trinajstić information content (AvgIpc) is 2.43. The lowest BCUT2D eigenvalue weighted by molar-refractivity contribution is 0.0526. The van der Waals surface area contributed by atoms with Crippen LogP contribution in [0.25, 0.3) is 0 Å². The Morgan fingerprint density at radius 1 is 1.60 bits per heavy atom. The highest BCUT2D eigenvalue weighted by Crippen LogP contribution is 2.23. The molecule has 0 atom stereocenters. The molecule has 0 spiro atoms. The summed E-state index contributed by atoms with van der Waals surface area (Å²) < 4.78 is 7.12. The third-order valence-electron chi connectivity index (χ3n) is 1.83. The van der Waals surface area contributed by atoms with E-state index < -0.39 is 5.97 Å². The number of halogens is 1. The number of aromatic nitrogens is 2. The molecule has 0 bridgehead atoms. The van der Waals surface area contributed by atoms with Gasteiger partial charge in [0.1, 0.15) is 10.2 Å². The molecule has 5 nitrogen and oxygen atoms in total. The van der Waals surface area contributed by atoms with Crippen molar-refractivity contribution in [1.29, 1.82) is 0 Å². The van der Waals surface area contributed by atoms with E-state index in [1.807, 2.05) is 6.92 Å². The van der Waals surface area contributed by atoms with Crippen molar-refractivity contribution in [2.75, 3.05) is 12.3 Å². The summed E-state index contributed by atoms with van der Waals surface area (Å²) in [7, 11) is 0. The molecule has 0 aromatic carbocycles. The number of esters is 1. The highest BCUT2D eigenvalue weighted by molar-refractivity contribution is 9.10. The van der Waals surface area contributed by atoms with Gasteiger partial charge in [0.2, 0.25) is 0 Å². The van der Waals surface area contributed by atoms with Gasteiger partial charge in [0.25, 0.3) is 0 Å². The monoisotopic (exact) mass is 275 g/mol. The summed E-state index contributed by atoms with van der Waals surface area (Å²) in [6, 6.07) is 0. The molecule has 0 radical (unpaired) electrons. The van der Waals surface area contributed by atoms with E-state index in [4.69, 9.17) is 10.5 Å². The molecule has 0 aliphatic carbocycles. The smallest absolute Gasteiger partial charge is 0.344 e. The number of anilines is 1. The van der Waals surface area contributed by atoms with Gasteiger partial charge >= 0.3 is 5.97 Å². The number of nitrogen functional groups attached to an aromatic ring is 1. The number of nitrogens with zero attached hydrogens (tertiary/aromatic N) is 2. The number of rotatable bonds is 4. The van der Waals surface area contributed by atoms with E-state index in [0.717, 1.165) is 6.42 Å². The maximum atomic E-state index is 11.5. The molecule has 1 aromatic rings. The molecule has 6 heteroatoms. The minimum atomic E-state index is -0.441. The summed E-state index contributed by atoms with van der Waals surface area (Å²) in [5, 5.41) is 4.05. The molecule has 0 aliphatic heterocycles. The van der Waals surface area contributed by atoms with E-state index in [9.17, 15) is 4.79 Å². The Morgan fingerprint density at radius 3 is 2.80 bits per heavy atom. The SMILES string of the molecule is CCCn1nc(N)c(C(=O)OCC)c1Br.